The second kappa shape index (κ2) is 7.97. The second-order valence-electron chi connectivity index (χ2n) is 6.52. The van der Waals surface area contributed by atoms with Gasteiger partial charge in [0.25, 0.3) is 5.56 Å². The van der Waals surface area contributed by atoms with Crippen molar-refractivity contribution in [2.75, 3.05) is 18.9 Å². The first-order valence-corrected chi connectivity index (χ1v) is 8.65. The molecule has 9 nitrogen and oxygen atoms in total. The van der Waals surface area contributed by atoms with Crippen LogP contribution < -0.4 is 10.9 Å². The van der Waals surface area contributed by atoms with Crippen molar-refractivity contribution in [3.63, 3.8) is 0 Å². The molecule has 3 rings (SSSR count). The van der Waals surface area contributed by atoms with E-state index in [4.69, 9.17) is 0 Å². The minimum atomic E-state index is -4.63. The molecule has 0 fully saturated rings. The minimum absolute atomic E-state index is 0.233. The molecule has 3 aromatic rings. The Bertz CT molecular complexity index is 1170. The molecule has 2 aromatic heterocycles. The fourth-order valence-corrected chi connectivity index (χ4v) is 2.78. The van der Waals surface area contributed by atoms with E-state index in [1.54, 1.807) is 7.05 Å². The van der Waals surface area contributed by atoms with Crippen LogP contribution in [0.3, 0.4) is 0 Å². The molecule has 0 bridgehead atoms. The first-order valence-electron chi connectivity index (χ1n) is 8.65. The summed E-state index contributed by atoms with van der Waals surface area (Å²) in [5, 5.41) is 6.32. The van der Waals surface area contributed by atoms with Crippen molar-refractivity contribution < 1.29 is 22.8 Å². The molecule has 2 heterocycles. The van der Waals surface area contributed by atoms with Gasteiger partial charge in [-0.05, 0) is 12.1 Å². The van der Waals surface area contributed by atoms with E-state index in [9.17, 15) is 27.6 Å². The third-order valence-corrected chi connectivity index (χ3v) is 4.34. The molecular formula is C18H17F3N6O3. The maximum atomic E-state index is 13.0. The third-order valence-electron chi connectivity index (χ3n) is 4.34. The molecule has 1 N–H and O–H groups in total. The van der Waals surface area contributed by atoms with Gasteiger partial charge in [-0.25, -0.2) is 4.98 Å². The van der Waals surface area contributed by atoms with Crippen molar-refractivity contribution in [3.05, 3.63) is 52.7 Å². The van der Waals surface area contributed by atoms with E-state index in [1.807, 2.05) is 0 Å². The molecule has 0 aliphatic rings. The number of para-hydroxylation sites is 1. The summed E-state index contributed by atoms with van der Waals surface area (Å²) >= 11 is 0. The Morgan fingerprint density at radius 1 is 1.23 bits per heavy atom. The number of anilines is 1. The van der Waals surface area contributed by atoms with Crippen molar-refractivity contribution in [1.29, 1.82) is 0 Å². The topological polar surface area (TPSA) is 102 Å². The lowest BCUT2D eigenvalue weighted by Gasteiger charge is -2.18. The molecule has 0 aliphatic heterocycles. The van der Waals surface area contributed by atoms with Crippen molar-refractivity contribution in [3.8, 4) is 0 Å². The predicted molar refractivity (Wildman–Crippen MR) is 100 cm³/mol. The summed E-state index contributed by atoms with van der Waals surface area (Å²) in [6.07, 6.45) is -2.11. The quantitative estimate of drug-likeness (QED) is 0.667. The van der Waals surface area contributed by atoms with Crippen molar-refractivity contribution in [2.45, 2.75) is 12.7 Å². The molecule has 0 unspecified atom stereocenters. The van der Waals surface area contributed by atoms with Crippen LogP contribution in [0.1, 0.15) is 5.56 Å². The Hall–Kier alpha value is -3.70. The lowest BCUT2D eigenvalue weighted by molar-refractivity contribution is -0.137. The molecular weight excluding hydrogens is 405 g/mol. The zero-order valence-electron chi connectivity index (χ0n) is 16.0. The van der Waals surface area contributed by atoms with Crippen LogP contribution in [0.25, 0.3) is 11.0 Å². The van der Waals surface area contributed by atoms with E-state index in [2.05, 4.69) is 15.4 Å². The predicted octanol–water partition coefficient (Wildman–Crippen LogP) is 1.25. The first kappa shape index (κ1) is 21.0. The highest BCUT2D eigenvalue weighted by atomic mass is 19.4. The van der Waals surface area contributed by atoms with Gasteiger partial charge >= 0.3 is 6.18 Å². The van der Waals surface area contributed by atoms with Gasteiger partial charge in [0.15, 0.2) is 5.65 Å². The molecule has 0 spiro atoms. The summed E-state index contributed by atoms with van der Waals surface area (Å²) in [5.41, 5.74) is -1.51. The molecule has 0 atom stereocenters. The van der Waals surface area contributed by atoms with Crippen LogP contribution in [0.15, 0.2) is 41.6 Å². The number of nitrogens with one attached hydrogen (secondary N) is 1. The molecule has 0 radical (unpaired) electrons. The summed E-state index contributed by atoms with van der Waals surface area (Å²) in [5.74, 6) is -1.41. The number of halogens is 3. The van der Waals surface area contributed by atoms with Crippen LogP contribution in [-0.4, -0.2) is 49.6 Å². The van der Waals surface area contributed by atoms with Gasteiger partial charge in [-0.3, -0.25) is 23.6 Å². The monoisotopic (exact) mass is 422 g/mol. The summed E-state index contributed by atoms with van der Waals surface area (Å²) < 4.78 is 41.6. The van der Waals surface area contributed by atoms with E-state index in [0.29, 0.717) is 5.65 Å². The van der Waals surface area contributed by atoms with E-state index >= 15 is 0 Å². The van der Waals surface area contributed by atoms with Gasteiger partial charge < -0.3 is 10.2 Å². The average molecular weight is 422 g/mol. The lowest BCUT2D eigenvalue weighted by atomic mass is 10.1. The maximum Gasteiger partial charge on any atom is 0.418 e. The molecule has 12 heteroatoms. The minimum Gasteiger partial charge on any atom is -0.335 e. The van der Waals surface area contributed by atoms with Crippen LogP contribution in [0, 0.1) is 0 Å². The number of hydrogen-bond acceptors (Lipinski definition) is 5. The van der Waals surface area contributed by atoms with Crippen LogP contribution in [0.2, 0.25) is 0 Å². The van der Waals surface area contributed by atoms with Gasteiger partial charge in [-0.15, -0.1) is 0 Å². The number of likely N-dealkylation sites (N-methyl/N-ethyl adjacent to an activating group) is 1. The van der Waals surface area contributed by atoms with E-state index in [0.717, 1.165) is 21.6 Å². The number of amides is 2. The van der Waals surface area contributed by atoms with Crippen molar-refractivity contribution in [2.24, 2.45) is 7.05 Å². The highest BCUT2D eigenvalue weighted by Crippen LogP contribution is 2.34. The van der Waals surface area contributed by atoms with Gasteiger partial charge in [-0.1, -0.05) is 12.1 Å². The number of benzene rings is 1. The fraction of sp³-hybridized carbons (Fsp3) is 0.278. The number of fused-ring (bicyclic) bond motifs is 1. The summed E-state index contributed by atoms with van der Waals surface area (Å²) in [6.45, 7) is -0.887. The summed E-state index contributed by atoms with van der Waals surface area (Å²) in [7, 11) is 2.92. The van der Waals surface area contributed by atoms with Gasteiger partial charge in [0.1, 0.15) is 18.3 Å². The molecule has 2 amide bonds. The molecule has 0 saturated carbocycles. The Morgan fingerprint density at radius 2 is 1.93 bits per heavy atom. The number of aryl methyl sites for hydroxylation is 1. The van der Waals surface area contributed by atoms with Gasteiger partial charge in [0.2, 0.25) is 11.8 Å². The maximum absolute atomic E-state index is 13.0. The summed E-state index contributed by atoms with van der Waals surface area (Å²) in [4.78, 5) is 42.0. The first-order chi connectivity index (χ1) is 14.1. The Labute approximate surface area is 167 Å². The van der Waals surface area contributed by atoms with Crippen LogP contribution in [-0.2, 0) is 29.4 Å². The number of hydrogen-bond donors (Lipinski definition) is 1. The number of rotatable bonds is 5. The second-order valence-corrected chi connectivity index (χ2v) is 6.52. The number of nitrogens with zero attached hydrogens (tertiary/aromatic N) is 5. The zero-order valence-corrected chi connectivity index (χ0v) is 16.0. The standard InChI is InChI=1S/C18H17F3N6O3/c1-25(8-14(28)24-13-6-4-3-5-12(13)18(19,20)21)15(29)9-27-10-22-16-11(17(27)30)7-23-26(16)2/h3-7,10H,8-9H2,1-2H3,(H,24,28). The highest BCUT2D eigenvalue weighted by molar-refractivity contribution is 5.95. The molecule has 0 saturated heterocycles. The van der Waals surface area contributed by atoms with Crippen molar-refractivity contribution >= 4 is 28.5 Å². The van der Waals surface area contributed by atoms with Gasteiger partial charge in [0.05, 0.1) is 24.0 Å². The number of aromatic nitrogens is 4. The molecule has 158 valence electrons. The average Bonchev–Trinajstić information content (AvgIpc) is 3.05. The third kappa shape index (κ3) is 4.31. The highest BCUT2D eigenvalue weighted by Gasteiger charge is 2.33. The Kier molecular flexibility index (Phi) is 5.58. The summed E-state index contributed by atoms with van der Waals surface area (Å²) in [6, 6.07) is 4.53. The normalized spacial score (nSPS) is 11.5. The van der Waals surface area contributed by atoms with Crippen molar-refractivity contribution in [1.82, 2.24) is 24.2 Å². The van der Waals surface area contributed by atoms with Gasteiger partial charge in [-0.2, -0.15) is 18.3 Å². The Balaban J connectivity index is 1.67. The van der Waals surface area contributed by atoms with Crippen LogP contribution in [0.4, 0.5) is 18.9 Å². The lowest BCUT2D eigenvalue weighted by Crippen LogP contribution is -2.38. The van der Waals surface area contributed by atoms with Crippen LogP contribution >= 0.6 is 0 Å². The van der Waals surface area contributed by atoms with E-state index in [1.165, 1.54) is 36.4 Å². The largest absolute Gasteiger partial charge is 0.418 e. The van der Waals surface area contributed by atoms with E-state index in [-0.39, 0.29) is 11.9 Å². The molecule has 30 heavy (non-hydrogen) atoms. The SMILES string of the molecule is CN(CC(=O)Nc1ccccc1C(F)(F)F)C(=O)Cn1cnc2c(cnn2C)c1=O. The van der Waals surface area contributed by atoms with Gasteiger partial charge in [0, 0.05) is 14.1 Å². The molecule has 1 aromatic carbocycles. The molecule has 0 aliphatic carbocycles. The fourth-order valence-electron chi connectivity index (χ4n) is 2.78. The van der Waals surface area contributed by atoms with E-state index < -0.39 is 41.3 Å². The zero-order chi connectivity index (χ0) is 22.1. The number of carbonyl (C=O) groups excluding carboxylic acids is 2. The smallest absolute Gasteiger partial charge is 0.335 e. The van der Waals surface area contributed by atoms with Crippen LogP contribution in [0.5, 0.6) is 0 Å². The Morgan fingerprint density at radius 3 is 2.63 bits per heavy atom. The number of carbonyl (C=O) groups is 2. The number of alkyl halides is 3.